The standard InChI is InChI=1S/C12H13N3O2/c1-14-11-9-4-3-8(17-2)7-10(9)15(6-5-13)12(11)16/h3-4,7,11,14H,6H2,1-2H3. The summed E-state index contributed by atoms with van der Waals surface area (Å²) in [7, 11) is 3.30. The van der Waals surface area contributed by atoms with E-state index in [-0.39, 0.29) is 18.5 Å². The van der Waals surface area contributed by atoms with Crippen molar-refractivity contribution in [3.05, 3.63) is 23.8 Å². The first kappa shape index (κ1) is 11.4. The molecule has 0 radical (unpaired) electrons. The maximum atomic E-state index is 12.1. The summed E-state index contributed by atoms with van der Waals surface area (Å²) in [5, 5.41) is 11.7. The number of nitriles is 1. The number of likely N-dealkylation sites (N-methyl/N-ethyl adjacent to an activating group) is 1. The zero-order valence-electron chi connectivity index (χ0n) is 9.73. The largest absolute Gasteiger partial charge is 0.497 e. The van der Waals surface area contributed by atoms with Crippen molar-refractivity contribution in [2.24, 2.45) is 0 Å². The number of ether oxygens (including phenoxy) is 1. The van der Waals surface area contributed by atoms with Gasteiger partial charge in [-0.15, -0.1) is 0 Å². The predicted octanol–water partition coefficient (Wildman–Crippen LogP) is 0.826. The van der Waals surface area contributed by atoms with E-state index in [4.69, 9.17) is 10.00 Å². The number of carbonyl (C=O) groups excluding carboxylic acids is 1. The Morgan fingerprint density at radius 1 is 1.59 bits per heavy atom. The minimum atomic E-state index is -0.371. The minimum absolute atomic E-state index is 0.0528. The van der Waals surface area contributed by atoms with Crippen LogP contribution in [0.2, 0.25) is 0 Å². The van der Waals surface area contributed by atoms with Crippen molar-refractivity contribution < 1.29 is 9.53 Å². The van der Waals surface area contributed by atoms with Crippen LogP contribution in [0.1, 0.15) is 11.6 Å². The fourth-order valence-corrected chi connectivity index (χ4v) is 2.05. The summed E-state index contributed by atoms with van der Waals surface area (Å²) in [6.45, 7) is 0.0528. The Balaban J connectivity index is 2.49. The molecular formula is C12H13N3O2. The summed E-state index contributed by atoms with van der Waals surface area (Å²) >= 11 is 0. The quantitative estimate of drug-likeness (QED) is 0.782. The number of methoxy groups -OCH3 is 1. The van der Waals surface area contributed by atoms with Gasteiger partial charge < -0.3 is 10.1 Å². The second kappa shape index (κ2) is 4.44. The number of rotatable bonds is 3. The van der Waals surface area contributed by atoms with Crippen LogP contribution in [0.5, 0.6) is 5.75 Å². The zero-order chi connectivity index (χ0) is 12.4. The predicted molar refractivity (Wildman–Crippen MR) is 62.8 cm³/mol. The number of amides is 1. The number of carbonyl (C=O) groups is 1. The average molecular weight is 231 g/mol. The number of benzene rings is 1. The Labute approximate surface area is 99.6 Å². The van der Waals surface area contributed by atoms with Crippen LogP contribution in [0, 0.1) is 11.3 Å². The van der Waals surface area contributed by atoms with Gasteiger partial charge in [0.15, 0.2) is 0 Å². The van der Waals surface area contributed by atoms with E-state index in [0.717, 1.165) is 11.3 Å². The van der Waals surface area contributed by atoms with Gasteiger partial charge in [0.1, 0.15) is 18.3 Å². The topological polar surface area (TPSA) is 65.4 Å². The van der Waals surface area contributed by atoms with E-state index < -0.39 is 0 Å². The first-order valence-corrected chi connectivity index (χ1v) is 5.26. The zero-order valence-corrected chi connectivity index (χ0v) is 9.73. The van der Waals surface area contributed by atoms with E-state index in [0.29, 0.717) is 5.75 Å². The molecule has 88 valence electrons. The summed E-state index contributed by atoms with van der Waals surface area (Å²) in [5.74, 6) is 0.577. The van der Waals surface area contributed by atoms with E-state index in [1.807, 2.05) is 18.2 Å². The van der Waals surface area contributed by atoms with Crippen LogP contribution >= 0.6 is 0 Å². The molecule has 0 fully saturated rings. The lowest BCUT2D eigenvalue weighted by atomic mass is 10.1. The number of nitrogens with zero attached hydrogens (tertiary/aromatic N) is 2. The molecule has 0 saturated carbocycles. The maximum Gasteiger partial charge on any atom is 0.249 e. The summed E-state index contributed by atoms with van der Waals surface area (Å²) in [6.07, 6.45) is 0. The average Bonchev–Trinajstić information content (AvgIpc) is 2.62. The Hall–Kier alpha value is -2.06. The summed E-state index contributed by atoms with van der Waals surface area (Å²) < 4.78 is 5.13. The van der Waals surface area contributed by atoms with Crippen LogP contribution in [0.3, 0.4) is 0 Å². The molecule has 0 saturated heterocycles. The normalized spacial score (nSPS) is 17.8. The highest BCUT2D eigenvalue weighted by Gasteiger charge is 2.36. The second-order valence-electron chi connectivity index (χ2n) is 3.73. The van der Waals surface area contributed by atoms with E-state index in [1.165, 1.54) is 4.90 Å². The van der Waals surface area contributed by atoms with Crippen LogP contribution in [0.4, 0.5) is 5.69 Å². The number of anilines is 1. The molecule has 0 spiro atoms. The summed E-state index contributed by atoms with van der Waals surface area (Å²) in [5.41, 5.74) is 1.63. The Morgan fingerprint density at radius 3 is 2.94 bits per heavy atom. The van der Waals surface area contributed by atoms with Crippen molar-refractivity contribution in [3.8, 4) is 11.8 Å². The van der Waals surface area contributed by atoms with Crippen molar-refractivity contribution in [1.82, 2.24) is 5.32 Å². The molecule has 5 nitrogen and oxygen atoms in total. The Bertz CT molecular complexity index is 493. The van der Waals surface area contributed by atoms with Gasteiger partial charge in [0.25, 0.3) is 0 Å². The van der Waals surface area contributed by atoms with Gasteiger partial charge in [0, 0.05) is 11.6 Å². The molecule has 1 aliphatic heterocycles. The highest BCUT2D eigenvalue weighted by Crippen LogP contribution is 2.37. The monoisotopic (exact) mass is 231 g/mol. The van der Waals surface area contributed by atoms with Gasteiger partial charge in [-0.05, 0) is 13.1 Å². The smallest absolute Gasteiger partial charge is 0.249 e. The molecule has 1 unspecified atom stereocenters. The molecule has 0 bridgehead atoms. The molecular weight excluding hydrogens is 218 g/mol. The van der Waals surface area contributed by atoms with E-state index >= 15 is 0 Å². The fraction of sp³-hybridized carbons (Fsp3) is 0.333. The third-order valence-corrected chi connectivity index (χ3v) is 2.87. The molecule has 0 aromatic heterocycles. The molecule has 5 heteroatoms. The molecule has 1 amide bonds. The van der Waals surface area contributed by atoms with Gasteiger partial charge in [0.2, 0.25) is 5.91 Å². The molecule has 17 heavy (non-hydrogen) atoms. The fourth-order valence-electron chi connectivity index (χ4n) is 2.05. The highest BCUT2D eigenvalue weighted by atomic mass is 16.5. The molecule has 1 aliphatic rings. The van der Waals surface area contributed by atoms with Crippen molar-refractivity contribution in [3.63, 3.8) is 0 Å². The SMILES string of the molecule is CNC1C(=O)N(CC#N)c2cc(OC)ccc21. The lowest BCUT2D eigenvalue weighted by Crippen LogP contribution is -2.33. The molecule has 1 N–H and O–H groups in total. The van der Waals surface area contributed by atoms with E-state index in [2.05, 4.69) is 5.32 Å². The molecule has 2 rings (SSSR count). The van der Waals surface area contributed by atoms with Crippen molar-refractivity contribution in [2.45, 2.75) is 6.04 Å². The van der Waals surface area contributed by atoms with Gasteiger partial charge in [-0.2, -0.15) is 5.26 Å². The number of hydrogen-bond acceptors (Lipinski definition) is 4. The van der Waals surface area contributed by atoms with Gasteiger partial charge in [-0.3, -0.25) is 9.69 Å². The number of fused-ring (bicyclic) bond motifs is 1. The van der Waals surface area contributed by atoms with Crippen LogP contribution in [0.15, 0.2) is 18.2 Å². The summed E-state index contributed by atoms with van der Waals surface area (Å²) in [4.78, 5) is 13.5. The first-order valence-electron chi connectivity index (χ1n) is 5.26. The second-order valence-corrected chi connectivity index (χ2v) is 3.73. The molecule has 1 atom stereocenters. The van der Waals surface area contributed by atoms with E-state index in [1.54, 1.807) is 20.2 Å². The van der Waals surface area contributed by atoms with Gasteiger partial charge in [0.05, 0.1) is 18.9 Å². The number of nitrogens with one attached hydrogen (secondary N) is 1. The third kappa shape index (κ3) is 1.73. The van der Waals surface area contributed by atoms with Crippen LogP contribution in [0.25, 0.3) is 0 Å². The van der Waals surface area contributed by atoms with Gasteiger partial charge in [-0.25, -0.2) is 0 Å². The van der Waals surface area contributed by atoms with Crippen LogP contribution < -0.4 is 15.0 Å². The lowest BCUT2D eigenvalue weighted by Gasteiger charge is -2.13. The lowest BCUT2D eigenvalue weighted by molar-refractivity contribution is -0.119. The summed E-state index contributed by atoms with van der Waals surface area (Å²) in [6, 6.07) is 7.07. The van der Waals surface area contributed by atoms with Crippen molar-refractivity contribution in [1.29, 1.82) is 5.26 Å². The minimum Gasteiger partial charge on any atom is -0.497 e. The highest BCUT2D eigenvalue weighted by molar-refractivity contribution is 6.05. The molecule has 1 aromatic carbocycles. The molecule has 0 aliphatic carbocycles. The van der Waals surface area contributed by atoms with Crippen LogP contribution in [-0.4, -0.2) is 26.6 Å². The molecule has 1 aromatic rings. The van der Waals surface area contributed by atoms with Crippen LogP contribution in [-0.2, 0) is 4.79 Å². The maximum absolute atomic E-state index is 12.1. The third-order valence-electron chi connectivity index (χ3n) is 2.87. The van der Waals surface area contributed by atoms with Gasteiger partial charge >= 0.3 is 0 Å². The van der Waals surface area contributed by atoms with Crippen molar-refractivity contribution in [2.75, 3.05) is 25.6 Å². The van der Waals surface area contributed by atoms with Gasteiger partial charge in [-0.1, -0.05) is 6.07 Å². The van der Waals surface area contributed by atoms with E-state index in [9.17, 15) is 4.79 Å². The number of hydrogen-bond donors (Lipinski definition) is 1. The molecule has 1 heterocycles. The Morgan fingerprint density at radius 2 is 2.35 bits per heavy atom. The van der Waals surface area contributed by atoms with Crippen molar-refractivity contribution >= 4 is 11.6 Å². The Kier molecular flexibility index (Phi) is 2.98. The first-order chi connectivity index (χ1) is 8.22.